The van der Waals surface area contributed by atoms with Crippen LogP contribution in [0.25, 0.3) is 0 Å². The molecule has 10 heteroatoms. The third-order valence-corrected chi connectivity index (χ3v) is 7.47. The van der Waals surface area contributed by atoms with Crippen LogP contribution in [0.5, 0.6) is 0 Å². The fraction of sp³-hybridized carbons (Fsp3) is 0.367. The molecule has 2 aliphatic rings. The van der Waals surface area contributed by atoms with Crippen LogP contribution in [-0.4, -0.2) is 71.5 Å². The summed E-state index contributed by atoms with van der Waals surface area (Å²) in [6.45, 7) is 2.96. The average Bonchev–Trinajstić information content (AvgIpc) is 3.78. The molecular weight excluding hydrogens is 509 g/mol. The summed E-state index contributed by atoms with van der Waals surface area (Å²) in [6.07, 6.45) is 5.59. The Hall–Kier alpha value is -4.36. The molecule has 3 aromatic rings. The molecule has 3 atom stereocenters. The van der Waals surface area contributed by atoms with Crippen LogP contribution in [-0.2, 0) is 4.79 Å². The Kier molecular flexibility index (Phi) is 8.62. The summed E-state index contributed by atoms with van der Waals surface area (Å²) in [5.74, 6) is 0.337. The molecule has 0 unspecified atom stereocenters. The zero-order chi connectivity index (χ0) is 27.9. The maximum absolute atomic E-state index is 13.6. The van der Waals surface area contributed by atoms with Gasteiger partial charge in [-0.1, -0.05) is 12.1 Å². The molecule has 1 aliphatic heterocycles. The molecule has 0 radical (unpaired) electrons. The smallest absolute Gasteiger partial charge is 0.251 e. The number of rotatable bonds is 10. The third-order valence-electron chi connectivity index (χ3n) is 7.47. The minimum absolute atomic E-state index is 0.105. The maximum Gasteiger partial charge on any atom is 0.251 e. The molecule has 2 amide bonds. The van der Waals surface area contributed by atoms with Crippen LogP contribution in [0, 0.1) is 17.1 Å². The number of halogens is 1. The lowest BCUT2D eigenvalue weighted by Crippen LogP contribution is -2.55. The summed E-state index contributed by atoms with van der Waals surface area (Å²) in [4.78, 5) is 39.0. The summed E-state index contributed by atoms with van der Waals surface area (Å²) in [5.41, 5.74) is 2.00. The Morgan fingerprint density at radius 2 is 1.73 bits per heavy atom. The van der Waals surface area contributed by atoms with Crippen molar-refractivity contribution < 1.29 is 14.0 Å². The van der Waals surface area contributed by atoms with Gasteiger partial charge in [0, 0.05) is 56.1 Å². The van der Waals surface area contributed by atoms with E-state index in [-0.39, 0.29) is 17.6 Å². The number of nitrogens with zero attached hydrogens (tertiary/aromatic N) is 5. The predicted molar refractivity (Wildman–Crippen MR) is 148 cm³/mol. The van der Waals surface area contributed by atoms with Gasteiger partial charge in [-0.2, -0.15) is 5.26 Å². The standard InChI is InChI=1S/C30H32FN7O2/c31-24-10-8-22(9-11-24)25-19-27(25)33-12-1-3-26(36-28(39)23-6-4-21(20-32)5-7-23)29(40)37-15-17-38(18-16-37)30-34-13-2-14-35-30/h2,4-11,13-14,25-27,33H,1,3,12,15-19H2,(H,36,39)/t25-,26-,27+/m0/s1. The van der Waals surface area contributed by atoms with Crippen LogP contribution in [0.2, 0.25) is 0 Å². The van der Waals surface area contributed by atoms with Gasteiger partial charge in [-0.3, -0.25) is 9.59 Å². The zero-order valence-electron chi connectivity index (χ0n) is 22.2. The van der Waals surface area contributed by atoms with Gasteiger partial charge in [0.1, 0.15) is 11.9 Å². The maximum atomic E-state index is 13.6. The normalized spacial score (nSPS) is 19.0. The second kappa shape index (κ2) is 12.7. The molecule has 0 spiro atoms. The van der Waals surface area contributed by atoms with Crippen LogP contribution < -0.4 is 15.5 Å². The number of anilines is 1. The Labute approximate surface area is 233 Å². The highest BCUT2D eigenvalue weighted by Crippen LogP contribution is 2.40. The quantitative estimate of drug-likeness (QED) is 0.380. The lowest BCUT2D eigenvalue weighted by molar-refractivity contribution is -0.133. The number of hydrogen-bond donors (Lipinski definition) is 2. The fourth-order valence-electron chi connectivity index (χ4n) is 5.09. The van der Waals surface area contributed by atoms with E-state index in [0.29, 0.717) is 74.6 Å². The molecule has 40 heavy (non-hydrogen) atoms. The van der Waals surface area contributed by atoms with Crippen molar-refractivity contribution >= 4 is 17.8 Å². The molecule has 1 saturated carbocycles. The van der Waals surface area contributed by atoms with Crippen LogP contribution >= 0.6 is 0 Å². The van der Waals surface area contributed by atoms with Gasteiger partial charge in [0.15, 0.2) is 0 Å². The van der Waals surface area contributed by atoms with E-state index in [0.717, 1.165) is 12.0 Å². The van der Waals surface area contributed by atoms with Gasteiger partial charge in [0.05, 0.1) is 11.6 Å². The van der Waals surface area contributed by atoms with Crippen LogP contribution in [0.15, 0.2) is 67.0 Å². The minimum Gasteiger partial charge on any atom is -0.340 e. The van der Waals surface area contributed by atoms with Crippen molar-refractivity contribution in [2.45, 2.75) is 37.3 Å². The molecule has 1 aliphatic carbocycles. The predicted octanol–water partition coefficient (Wildman–Crippen LogP) is 2.86. The molecule has 2 N–H and O–H groups in total. The summed E-state index contributed by atoms with van der Waals surface area (Å²) in [5, 5.41) is 15.5. The van der Waals surface area contributed by atoms with Crippen LogP contribution in [0.1, 0.15) is 46.7 Å². The molecule has 0 bridgehead atoms. The van der Waals surface area contributed by atoms with Crippen LogP contribution in [0.4, 0.5) is 10.3 Å². The van der Waals surface area contributed by atoms with Crippen molar-refractivity contribution in [2.75, 3.05) is 37.6 Å². The highest BCUT2D eigenvalue weighted by Gasteiger charge is 2.37. The first-order valence-corrected chi connectivity index (χ1v) is 13.6. The number of hydrogen-bond acceptors (Lipinski definition) is 7. The van der Waals surface area contributed by atoms with E-state index in [1.807, 2.05) is 23.1 Å². The lowest BCUT2D eigenvalue weighted by atomic mass is 10.1. The van der Waals surface area contributed by atoms with Crippen molar-refractivity contribution in [3.8, 4) is 6.07 Å². The van der Waals surface area contributed by atoms with Crippen molar-refractivity contribution in [1.82, 2.24) is 25.5 Å². The van der Waals surface area contributed by atoms with Crippen LogP contribution in [0.3, 0.4) is 0 Å². The van der Waals surface area contributed by atoms with Gasteiger partial charge < -0.3 is 20.4 Å². The van der Waals surface area contributed by atoms with Crippen molar-refractivity contribution in [1.29, 1.82) is 5.26 Å². The summed E-state index contributed by atoms with van der Waals surface area (Å²) in [7, 11) is 0. The molecular formula is C30H32FN7O2. The number of amides is 2. The molecule has 2 heterocycles. The van der Waals surface area contributed by atoms with E-state index in [1.54, 1.807) is 47.6 Å². The van der Waals surface area contributed by atoms with Gasteiger partial charge in [0.2, 0.25) is 11.9 Å². The van der Waals surface area contributed by atoms with E-state index in [9.17, 15) is 14.0 Å². The van der Waals surface area contributed by atoms with Gasteiger partial charge in [-0.15, -0.1) is 0 Å². The Balaban J connectivity index is 1.17. The molecule has 206 valence electrons. The monoisotopic (exact) mass is 541 g/mol. The lowest BCUT2D eigenvalue weighted by Gasteiger charge is -2.36. The molecule has 1 saturated heterocycles. The summed E-state index contributed by atoms with van der Waals surface area (Å²) >= 11 is 0. The highest BCUT2D eigenvalue weighted by molar-refractivity contribution is 5.97. The van der Waals surface area contributed by atoms with E-state index in [1.165, 1.54) is 12.1 Å². The first-order valence-electron chi connectivity index (χ1n) is 13.6. The Morgan fingerprint density at radius 3 is 2.40 bits per heavy atom. The Bertz CT molecular complexity index is 1340. The summed E-state index contributed by atoms with van der Waals surface area (Å²) < 4.78 is 13.2. The average molecular weight is 542 g/mol. The fourth-order valence-corrected chi connectivity index (χ4v) is 5.09. The molecule has 5 rings (SSSR count). The van der Waals surface area contributed by atoms with Gasteiger partial charge in [-0.05, 0) is 73.8 Å². The number of carbonyl (C=O) groups is 2. The van der Waals surface area contributed by atoms with E-state index in [2.05, 4.69) is 20.6 Å². The molecule has 2 aromatic carbocycles. The first-order chi connectivity index (χ1) is 19.5. The van der Waals surface area contributed by atoms with E-state index in [4.69, 9.17) is 5.26 Å². The van der Waals surface area contributed by atoms with Gasteiger partial charge >= 0.3 is 0 Å². The molecule has 1 aromatic heterocycles. The summed E-state index contributed by atoms with van der Waals surface area (Å²) in [6, 6.07) is 16.5. The topological polar surface area (TPSA) is 114 Å². The third kappa shape index (κ3) is 6.79. The second-order valence-corrected chi connectivity index (χ2v) is 10.2. The number of nitriles is 1. The highest BCUT2D eigenvalue weighted by atomic mass is 19.1. The largest absolute Gasteiger partial charge is 0.340 e. The van der Waals surface area contributed by atoms with Gasteiger partial charge in [0.25, 0.3) is 5.91 Å². The van der Waals surface area contributed by atoms with E-state index < -0.39 is 6.04 Å². The number of benzene rings is 2. The molecule has 9 nitrogen and oxygen atoms in total. The second-order valence-electron chi connectivity index (χ2n) is 10.2. The van der Waals surface area contributed by atoms with Crippen molar-refractivity contribution in [2.24, 2.45) is 0 Å². The number of carbonyl (C=O) groups excluding carboxylic acids is 2. The van der Waals surface area contributed by atoms with Gasteiger partial charge in [-0.25, -0.2) is 14.4 Å². The Morgan fingerprint density at radius 1 is 1.02 bits per heavy atom. The zero-order valence-corrected chi connectivity index (χ0v) is 22.2. The molecule has 2 fully saturated rings. The van der Waals surface area contributed by atoms with Crippen molar-refractivity contribution in [3.63, 3.8) is 0 Å². The SMILES string of the molecule is N#Cc1ccc(C(=O)N[C@@H](CCCN[C@@H]2C[C@H]2c2ccc(F)cc2)C(=O)N2CCN(c3ncccn3)CC2)cc1. The van der Waals surface area contributed by atoms with Crippen molar-refractivity contribution in [3.05, 3.63) is 89.5 Å². The number of aromatic nitrogens is 2. The number of piperazine rings is 1. The minimum atomic E-state index is -0.670. The first kappa shape index (κ1) is 27.2. The number of nitrogens with one attached hydrogen (secondary N) is 2. The van der Waals surface area contributed by atoms with E-state index >= 15 is 0 Å².